The van der Waals surface area contributed by atoms with Gasteiger partial charge in [-0.3, -0.25) is 19.4 Å². The molecule has 1 aliphatic carbocycles. The van der Waals surface area contributed by atoms with Gasteiger partial charge in [0, 0.05) is 61.2 Å². The van der Waals surface area contributed by atoms with E-state index >= 15 is 0 Å². The van der Waals surface area contributed by atoms with Gasteiger partial charge < -0.3 is 30.1 Å². The lowest BCUT2D eigenvalue weighted by Crippen LogP contribution is -2.69. The molecule has 3 aromatic rings. The molecule has 0 bridgehead atoms. The summed E-state index contributed by atoms with van der Waals surface area (Å²) < 4.78 is 96.1. The minimum Gasteiger partial charge on any atom is -0.490 e. The van der Waals surface area contributed by atoms with E-state index in [0.29, 0.717) is 48.3 Å². The summed E-state index contributed by atoms with van der Waals surface area (Å²) in [5.74, 6) is -2.32. The van der Waals surface area contributed by atoms with E-state index in [1.54, 1.807) is 32.0 Å². The molecule has 3 N–H and O–H groups in total. The maximum Gasteiger partial charge on any atom is 0.425 e. The standard InChI is InChI=1S/C39H44F6N4O6S/c1-3-8-29-37(55-25-21-30(56-23-25)39(43,44)45,13-7-18-49(29)32(50)31-27(38(40,41)42)10-6-17-47-31)33(51)48-19-15-36(46,16-20-48)26-9-4-5-11-28(26)54-24-12-14-35(2,22-24)34(52)53/h4-6,9-11,17,21,23-24,29H,3,7-8,12-16,18-20,22,46H2,1-2H3,(H,52,53)/t24-,29-,35+,37+/m1/s1. The number of carboxylic acid groups (broad SMARTS) is 1. The molecular formula is C39H44F6N4O6S. The summed E-state index contributed by atoms with van der Waals surface area (Å²) >= 11 is 0.377. The fourth-order valence-electron chi connectivity index (χ4n) is 8.36. The zero-order valence-corrected chi connectivity index (χ0v) is 31.7. The third-order valence-corrected chi connectivity index (χ3v) is 12.3. The largest absolute Gasteiger partial charge is 0.490 e. The van der Waals surface area contributed by atoms with Gasteiger partial charge in [-0.1, -0.05) is 31.5 Å². The Morgan fingerprint density at radius 1 is 1.00 bits per heavy atom. The molecule has 3 fully saturated rings. The summed E-state index contributed by atoms with van der Waals surface area (Å²) in [7, 11) is 0. The van der Waals surface area contributed by atoms with Crippen LogP contribution in [0.1, 0.15) is 98.1 Å². The molecule has 2 aromatic heterocycles. The van der Waals surface area contributed by atoms with E-state index in [1.807, 2.05) is 6.07 Å². The number of carbonyl (C=O) groups is 3. The van der Waals surface area contributed by atoms with Gasteiger partial charge in [0.05, 0.1) is 23.1 Å². The van der Waals surface area contributed by atoms with Crippen molar-refractivity contribution in [3.8, 4) is 11.5 Å². The number of nitrogens with two attached hydrogens (primary N) is 1. The molecule has 17 heteroatoms. The van der Waals surface area contributed by atoms with Crippen molar-refractivity contribution in [1.82, 2.24) is 14.8 Å². The first kappa shape index (κ1) is 41.3. The number of amides is 2. The number of halogens is 6. The quantitative estimate of drug-likeness (QED) is 0.198. The van der Waals surface area contributed by atoms with Crippen LogP contribution in [0.3, 0.4) is 0 Å². The fourth-order valence-corrected chi connectivity index (χ4v) is 9.04. The number of alkyl halides is 6. The number of aromatic nitrogens is 1. The summed E-state index contributed by atoms with van der Waals surface area (Å²) in [6.45, 7) is 3.58. The number of hydrogen-bond acceptors (Lipinski definition) is 8. The Balaban J connectivity index is 1.31. The molecule has 0 spiro atoms. The monoisotopic (exact) mass is 810 g/mol. The number of aliphatic carboxylic acids is 1. The Morgan fingerprint density at radius 3 is 2.34 bits per heavy atom. The SMILES string of the molecule is CCC[C@H]1N(C(=O)c2ncccc2C(F)(F)F)CCC[C@@]1(Oc1csc(C(F)(F)F)c1)C(=O)N1CCC(N)(c2ccccc2O[C@@H]2CC[C@](C)(C(=O)O)C2)CC1. The van der Waals surface area contributed by atoms with Crippen LogP contribution < -0.4 is 15.2 Å². The van der Waals surface area contributed by atoms with Gasteiger partial charge in [-0.25, -0.2) is 0 Å². The molecule has 0 radical (unpaired) electrons. The van der Waals surface area contributed by atoms with Gasteiger partial charge >= 0.3 is 18.3 Å². The molecule has 304 valence electrons. The number of hydrogen-bond donors (Lipinski definition) is 2. The highest BCUT2D eigenvalue weighted by atomic mass is 32.1. The highest BCUT2D eigenvalue weighted by Crippen LogP contribution is 2.45. The zero-order valence-electron chi connectivity index (χ0n) is 30.9. The lowest BCUT2D eigenvalue weighted by atomic mass is 9.77. The van der Waals surface area contributed by atoms with Crippen molar-refractivity contribution < 1.29 is 55.3 Å². The lowest BCUT2D eigenvalue weighted by molar-refractivity contribution is -0.161. The van der Waals surface area contributed by atoms with Crippen molar-refractivity contribution in [1.29, 1.82) is 0 Å². The van der Waals surface area contributed by atoms with Gasteiger partial charge in [0.1, 0.15) is 22.1 Å². The number of rotatable bonds is 10. The Morgan fingerprint density at radius 2 is 1.71 bits per heavy atom. The van der Waals surface area contributed by atoms with E-state index in [9.17, 15) is 45.8 Å². The van der Waals surface area contributed by atoms with Crippen LogP contribution in [0.15, 0.2) is 54.0 Å². The number of piperidine rings is 2. The van der Waals surface area contributed by atoms with Crippen molar-refractivity contribution in [2.45, 2.75) is 107 Å². The number of pyridine rings is 1. The second-order valence-electron chi connectivity index (χ2n) is 15.2. The summed E-state index contributed by atoms with van der Waals surface area (Å²) in [6, 6.07) is 8.61. The van der Waals surface area contributed by atoms with Crippen LogP contribution in [0.25, 0.3) is 0 Å². The summed E-state index contributed by atoms with van der Waals surface area (Å²) in [6.07, 6.45) is -6.58. The molecule has 10 nitrogen and oxygen atoms in total. The predicted octanol–water partition coefficient (Wildman–Crippen LogP) is 7.90. The van der Waals surface area contributed by atoms with Gasteiger partial charge in [-0.2, -0.15) is 26.3 Å². The van der Waals surface area contributed by atoms with Crippen molar-refractivity contribution in [2.24, 2.45) is 11.1 Å². The van der Waals surface area contributed by atoms with Crippen LogP contribution in [0.5, 0.6) is 11.5 Å². The highest BCUT2D eigenvalue weighted by Gasteiger charge is 2.57. The van der Waals surface area contributed by atoms with E-state index < -0.39 is 68.9 Å². The molecule has 1 saturated carbocycles. The molecule has 4 atom stereocenters. The van der Waals surface area contributed by atoms with Gasteiger partial charge in [-0.15, -0.1) is 11.3 Å². The van der Waals surface area contributed by atoms with Gasteiger partial charge in [0.25, 0.3) is 11.8 Å². The van der Waals surface area contributed by atoms with Crippen molar-refractivity contribution in [3.05, 3.63) is 75.7 Å². The van der Waals surface area contributed by atoms with Gasteiger partial charge in [-0.05, 0) is 63.6 Å². The van der Waals surface area contributed by atoms with Crippen molar-refractivity contribution in [3.63, 3.8) is 0 Å². The third-order valence-electron chi connectivity index (χ3n) is 11.4. The second kappa shape index (κ2) is 15.5. The molecule has 2 amide bonds. The number of carboxylic acids is 1. The molecule has 6 rings (SSSR count). The number of carbonyl (C=O) groups excluding carboxylic acids is 2. The number of thiophene rings is 1. The summed E-state index contributed by atoms with van der Waals surface area (Å²) in [4.78, 5) is 46.4. The Kier molecular flexibility index (Phi) is 11.4. The van der Waals surface area contributed by atoms with Crippen LogP contribution in [-0.2, 0) is 27.5 Å². The maximum atomic E-state index is 15.0. The third kappa shape index (κ3) is 8.06. The van der Waals surface area contributed by atoms with Crippen LogP contribution in [-0.4, -0.2) is 75.1 Å². The highest BCUT2D eigenvalue weighted by molar-refractivity contribution is 7.10. The second-order valence-corrected chi connectivity index (χ2v) is 16.1. The molecule has 1 aromatic carbocycles. The number of para-hydroxylation sites is 1. The van der Waals surface area contributed by atoms with Crippen LogP contribution >= 0.6 is 11.3 Å². The lowest BCUT2D eigenvalue weighted by Gasteiger charge is -2.51. The Bertz CT molecular complexity index is 1930. The predicted molar refractivity (Wildman–Crippen MR) is 193 cm³/mol. The van der Waals surface area contributed by atoms with Gasteiger partial charge in [0.2, 0.25) is 5.60 Å². The van der Waals surface area contributed by atoms with Crippen LogP contribution in [0.4, 0.5) is 26.3 Å². The van der Waals surface area contributed by atoms with E-state index in [0.717, 1.165) is 34.7 Å². The van der Waals surface area contributed by atoms with E-state index in [4.69, 9.17) is 15.2 Å². The maximum absolute atomic E-state index is 15.0. The topological polar surface area (TPSA) is 135 Å². The van der Waals surface area contributed by atoms with Crippen LogP contribution in [0, 0.1) is 5.41 Å². The summed E-state index contributed by atoms with van der Waals surface area (Å²) in [5.41, 5.74) is 1.76. The normalized spacial score (nSPS) is 25.5. The van der Waals surface area contributed by atoms with Crippen molar-refractivity contribution >= 4 is 29.1 Å². The molecule has 3 aliphatic rings. The fraction of sp³-hybridized carbons (Fsp3) is 0.538. The number of benzene rings is 1. The number of ether oxygens (including phenoxy) is 2. The Labute approximate surface area is 324 Å². The molecule has 2 aliphatic heterocycles. The minimum absolute atomic E-state index is 0.0244. The average Bonchev–Trinajstić information content (AvgIpc) is 3.79. The molecular weight excluding hydrogens is 767 g/mol. The average molecular weight is 811 g/mol. The minimum atomic E-state index is -4.91. The summed E-state index contributed by atoms with van der Waals surface area (Å²) in [5, 5.41) is 10.8. The molecule has 0 unspecified atom stereocenters. The smallest absolute Gasteiger partial charge is 0.425 e. The number of nitrogens with zero attached hydrogens (tertiary/aromatic N) is 3. The molecule has 2 saturated heterocycles. The van der Waals surface area contributed by atoms with Crippen molar-refractivity contribution in [2.75, 3.05) is 19.6 Å². The molecule has 56 heavy (non-hydrogen) atoms. The Hall–Kier alpha value is -4.38. The molecule has 4 heterocycles. The van der Waals surface area contributed by atoms with E-state index in [-0.39, 0.29) is 63.6 Å². The first-order chi connectivity index (χ1) is 26.3. The van der Waals surface area contributed by atoms with Gasteiger partial charge in [0.15, 0.2) is 0 Å². The zero-order chi connectivity index (χ0) is 40.7. The number of likely N-dealkylation sites (tertiary alicyclic amines) is 2. The van der Waals surface area contributed by atoms with E-state index in [1.165, 1.54) is 4.90 Å². The van der Waals surface area contributed by atoms with Crippen LogP contribution in [0.2, 0.25) is 0 Å². The van der Waals surface area contributed by atoms with E-state index in [2.05, 4.69) is 4.98 Å². The first-order valence-corrected chi connectivity index (χ1v) is 19.4. The first-order valence-electron chi connectivity index (χ1n) is 18.6.